The molecule has 0 bridgehead atoms. The lowest BCUT2D eigenvalue weighted by molar-refractivity contribution is -0.0375. The zero-order chi connectivity index (χ0) is 10.9. The molecule has 1 aliphatic rings. The van der Waals surface area contributed by atoms with Crippen molar-refractivity contribution in [3.8, 4) is 0 Å². The van der Waals surface area contributed by atoms with E-state index in [1.165, 1.54) is 0 Å². The van der Waals surface area contributed by atoms with Gasteiger partial charge in [0.15, 0.2) is 0 Å². The number of aromatic nitrogens is 4. The summed E-state index contributed by atoms with van der Waals surface area (Å²) in [4.78, 5) is 13.7. The highest BCUT2D eigenvalue weighted by molar-refractivity contribution is 5.90. The van der Waals surface area contributed by atoms with Crippen molar-refractivity contribution in [2.24, 2.45) is 0 Å². The Morgan fingerprint density at radius 1 is 1.60 bits per heavy atom. The zero-order valence-electron chi connectivity index (χ0n) is 8.73. The summed E-state index contributed by atoms with van der Waals surface area (Å²) in [5.41, 5.74) is -0.323. The first-order valence-corrected chi connectivity index (χ1v) is 4.74. The van der Waals surface area contributed by atoms with E-state index in [-0.39, 0.29) is 17.3 Å². The van der Waals surface area contributed by atoms with E-state index >= 15 is 0 Å². The predicted molar refractivity (Wildman–Crippen MR) is 50.1 cm³/mol. The third-order valence-electron chi connectivity index (χ3n) is 2.43. The fraction of sp³-hybridized carbons (Fsp3) is 0.750. The Balaban J connectivity index is 2.19. The molecule has 0 unspecified atom stereocenters. The van der Waals surface area contributed by atoms with Gasteiger partial charge in [0, 0.05) is 6.54 Å². The van der Waals surface area contributed by atoms with Crippen molar-refractivity contribution in [2.75, 3.05) is 19.8 Å². The van der Waals surface area contributed by atoms with Gasteiger partial charge in [-0.1, -0.05) is 0 Å². The summed E-state index contributed by atoms with van der Waals surface area (Å²) in [6.45, 7) is 5.53. The van der Waals surface area contributed by atoms with Crippen LogP contribution in [0.15, 0.2) is 0 Å². The van der Waals surface area contributed by atoms with Crippen molar-refractivity contribution in [1.82, 2.24) is 25.5 Å². The van der Waals surface area contributed by atoms with Gasteiger partial charge in [-0.2, -0.15) is 5.21 Å². The van der Waals surface area contributed by atoms with E-state index in [2.05, 4.69) is 20.6 Å². The molecule has 2 heterocycles. The molecule has 1 N–H and O–H groups in total. The van der Waals surface area contributed by atoms with E-state index in [4.69, 9.17) is 4.74 Å². The maximum atomic E-state index is 12.0. The summed E-state index contributed by atoms with van der Waals surface area (Å²) in [7, 11) is 0. The summed E-state index contributed by atoms with van der Waals surface area (Å²) < 4.78 is 5.32. The van der Waals surface area contributed by atoms with E-state index in [1.54, 1.807) is 4.90 Å². The van der Waals surface area contributed by atoms with Crippen LogP contribution in [0.3, 0.4) is 0 Å². The molecule has 1 aromatic heterocycles. The minimum absolute atomic E-state index is 0.102. The Morgan fingerprint density at radius 2 is 2.40 bits per heavy atom. The van der Waals surface area contributed by atoms with Gasteiger partial charge in [0.2, 0.25) is 0 Å². The average Bonchev–Trinajstić information content (AvgIpc) is 2.69. The number of nitrogens with one attached hydrogen (secondary N) is 1. The summed E-state index contributed by atoms with van der Waals surface area (Å²) in [5, 5.41) is 13.0. The number of carbonyl (C=O) groups is 1. The average molecular weight is 211 g/mol. The Morgan fingerprint density at radius 3 is 3.00 bits per heavy atom. The van der Waals surface area contributed by atoms with Gasteiger partial charge < -0.3 is 9.64 Å². The summed E-state index contributed by atoms with van der Waals surface area (Å²) in [5.74, 6) is -0.109. The van der Waals surface area contributed by atoms with Crippen LogP contribution in [0.25, 0.3) is 0 Å². The van der Waals surface area contributed by atoms with Crippen LogP contribution in [0, 0.1) is 0 Å². The number of aromatic amines is 1. The number of carbonyl (C=O) groups excluding carboxylic acids is 1. The van der Waals surface area contributed by atoms with E-state index < -0.39 is 0 Å². The van der Waals surface area contributed by atoms with Crippen LogP contribution >= 0.6 is 0 Å². The molecule has 15 heavy (non-hydrogen) atoms. The van der Waals surface area contributed by atoms with Crippen molar-refractivity contribution in [1.29, 1.82) is 0 Å². The minimum atomic E-state index is -0.323. The maximum absolute atomic E-state index is 12.0. The Kier molecular flexibility index (Phi) is 2.39. The topological polar surface area (TPSA) is 84.0 Å². The molecule has 0 aliphatic carbocycles. The normalized spacial score (nSPS) is 20.3. The number of H-pyrrole nitrogens is 1. The molecule has 1 aliphatic heterocycles. The molecule has 0 aromatic carbocycles. The lowest BCUT2D eigenvalue weighted by Gasteiger charge is -2.41. The molecular weight excluding hydrogens is 198 g/mol. The largest absolute Gasteiger partial charge is 0.377 e. The first kappa shape index (κ1) is 10.0. The number of rotatable bonds is 1. The van der Waals surface area contributed by atoms with Gasteiger partial charge in [-0.3, -0.25) is 4.79 Å². The lowest BCUT2D eigenvalue weighted by Crippen LogP contribution is -2.55. The monoisotopic (exact) mass is 211 g/mol. The third-order valence-corrected chi connectivity index (χ3v) is 2.43. The highest BCUT2D eigenvalue weighted by Crippen LogP contribution is 2.20. The molecule has 7 heteroatoms. The molecule has 0 spiro atoms. The van der Waals surface area contributed by atoms with Crippen LogP contribution in [0.2, 0.25) is 0 Å². The molecule has 1 saturated heterocycles. The van der Waals surface area contributed by atoms with E-state index in [0.717, 1.165) is 0 Å². The molecule has 1 aromatic rings. The smallest absolute Gasteiger partial charge is 0.296 e. The van der Waals surface area contributed by atoms with Crippen LogP contribution in [0.1, 0.15) is 24.5 Å². The summed E-state index contributed by atoms with van der Waals surface area (Å²) in [6.07, 6.45) is 0. The van der Waals surface area contributed by atoms with Crippen molar-refractivity contribution >= 4 is 5.91 Å². The molecular formula is C8H13N5O2. The summed E-state index contributed by atoms with van der Waals surface area (Å²) in [6, 6.07) is 0. The van der Waals surface area contributed by atoms with E-state index in [1.807, 2.05) is 13.8 Å². The Labute approximate surface area is 86.8 Å². The lowest BCUT2D eigenvalue weighted by atomic mass is 10.0. The highest BCUT2D eigenvalue weighted by Gasteiger charge is 2.36. The summed E-state index contributed by atoms with van der Waals surface area (Å²) >= 11 is 0. The van der Waals surface area contributed by atoms with Gasteiger partial charge in [-0.15, -0.1) is 10.2 Å². The molecule has 2 rings (SSSR count). The van der Waals surface area contributed by atoms with Crippen molar-refractivity contribution in [3.05, 3.63) is 5.82 Å². The Hall–Kier alpha value is -1.50. The standard InChI is InChI=1S/C8H13N5O2/c1-8(2)5-15-4-3-13(8)7(14)6-9-11-12-10-6/h3-5H2,1-2H3,(H,9,10,11,12). The van der Waals surface area contributed by atoms with Gasteiger partial charge in [0.25, 0.3) is 11.7 Å². The fourth-order valence-electron chi connectivity index (χ4n) is 1.61. The highest BCUT2D eigenvalue weighted by atomic mass is 16.5. The van der Waals surface area contributed by atoms with E-state index in [9.17, 15) is 4.79 Å². The number of hydrogen-bond donors (Lipinski definition) is 1. The molecule has 1 amide bonds. The van der Waals surface area contributed by atoms with Gasteiger partial charge in [-0.25, -0.2) is 0 Å². The quantitative estimate of drug-likeness (QED) is 0.673. The number of nitrogens with zero attached hydrogens (tertiary/aromatic N) is 4. The maximum Gasteiger partial charge on any atom is 0.296 e. The van der Waals surface area contributed by atoms with E-state index in [0.29, 0.717) is 19.8 Å². The van der Waals surface area contributed by atoms with Crippen LogP contribution in [0.5, 0.6) is 0 Å². The van der Waals surface area contributed by atoms with Crippen LogP contribution in [-0.4, -0.2) is 56.7 Å². The second kappa shape index (κ2) is 3.58. The Bertz CT molecular complexity index is 348. The first-order chi connectivity index (χ1) is 7.11. The molecule has 7 nitrogen and oxygen atoms in total. The third kappa shape index (κ3) is 1.82. The molecule has 1 fully saturated rings. The van der Waals surface area contributed by atoms with Gasteiger partial charge >= 0.3 is 0 Å². The predicted octanol–water partition coefficient (Wildman–Crippen LogP) is -0.549. The SMILES string of the molecule is CC1(C)COCCN1C(=O)c1nn[nH]n1. The van der Waals surface area contributed by atoms with Gasteiger partial charge in [-0.05, 0) is 19.1 Å². The van der Waals surface area contributed by atoms with Crippen molar-refractivity contribution in [2.45, 2.75) is 19.4 Å². The first-order valence-electron chi connectivity index (χ1n) is 4.74. The second-order valence-electron chi connectivity index (χ2n) is 4.06. The van der Waals surface area contributed by atoms with Crippen molar-refractivity contribution in [3.63, 3.8) is 0 Å². The second-order valence-corrected chi connectivity index (χ2v) is 4.06. The minimum Gasteiger partial charge on any atom is -0.377 e. The molecule has 0 radical (unpaired) electrons. The number of amides is 1. The van der Waals surface area contributed by atoms with Crippen LogP contribution in [0.4, 0.5) is 0 Å². The fourth-order valence-corrected chi connectivity index (χ4v) is 1.61. The number of morpholine rings is 1. The van der Waals surface area contributed by atoms with Gasteiger partial charge in [0.05, 0.1) is 18.8 Å². The number of ether oxygens (including phenoxy) is 1. The molecule has 0 atom stereocenters. The number of tetrazole rings is 1. The zero-order valence-corrected chi connectivity index (χ0v) is 8.73. The van der Waals surface area contributed by atoms with Crippen molar-refractivity contribution < 1.29 is 9.53 Å². The number of hydrogen-bond acceptors (Lipinski definition) is 5. The molecule has 0 saturated carbocycles. The van der Waals surface area contributed by atoms with Crippen LogP contribution < -0.4 is 0 Å². The molecule has 82 valence electrons. The van der Waals surface area contributed by atoms with Gasteiger partial charge in [0.1, 0.15) is 0 Å². The van der Waals surface area contributed by atoms with Crippen LogP contribution in [-0.2, 0) is 4.74 Å².